The van der Waals surface area contributed by atoms with Gasteiger partial charge in [0.25, 0.3) is 0 Å². The van der Waals surface area contributed by atoms with Crippen LogP contribution in [0.1, 0.15) is 17.4 Å². The summed E-state index contributed by atoms with van der Waals surface area (Å²) in [5.74, 6) is -0.450. The molecule has 0 bridgehead atoms. The molecule has 6 nitrogen and oxygen atoms in total. The fraction of sp³-hybridized carbons (Fsp3) is 0.188. The SMILES string of the molecule is CCOC(=O)c1nn(-c2ccccc2Br)cc1-c1ccnn1C. The third-order valence-electron chi connectivity index (χ3n) is 3.38. The molecule has 0 unspecified atom stereocenters. The summed E-state index contributed by atoms with van der Waals surface area (Å²) in [4.78, 5) is 12.3. The Bertz CT molecular complexity index is 853. The zero-order valence-electron chi connectivity index (χ0n) is 12.7. The fourth-order valence-corrected chi connectivity index (χ4v) is 2.78. The summed E-state index contributed by atoms with van der Waals surface area (Å²) in [6, 6.07) is 9.51. The summed E-state index contributed by atoms with van der Waals surface area (Å²) in [6.07, 6.45) is 3.49. The summed E-state index contributed by atoms with van der Waals surface area (Å²) < 4.78 is 9.38. The van der Waals surface area contributed by atoms with Crippen molar-refractivity contribution in [3.8, 4) is 16.9 Å². The van der Waals surface area contributed by atoms with E-state index in [9.17, 15) is 4.79 Å². The second-order valence-corrected chi connectivity index (χ2v) is 5.70. The number of halogens is 1. The van der Waals surface area contributed by atoms with Gasteiger partial charge in [0.05, 0.1) is 23.6 Å². The molecule has 0 saturated carbocycles. The summed E-state index contributed by atoms with van der Waals surface area (Å²) in [5, 5.41) is 8.59. The molecule has 1 aromatic carbocycles. The molecule has 0 aliphatic heterocycles. The average molecular weight is 375 g/mol. The average Bonchev–Trinajstić information content (AvgIpc) is 3.14. The monoisotopic (exact) mass is 374 g/mol. The first kappa shape index (κ1) is 15.5. The number of aromatic nitrogens is 4. The van der Waals surface area contributed by atoms with Gasteiger partial charge in [0.1, 0.15) is 0 Å². The Balaban J connectivity index is 2.16. The summed E-state index contributed by atoms with van der Waals surface area (Å²) >= 11 is 3.50. The molecule has 0 saturated heterocycles. The van der Waals surface area contributed by atoms with Crippen molar-refractivity contribution >= 4 is 21.9 Å². The van der Waals surface area contributed by atoms with Gasteiger partial charge in [0, 0.05) is 23.9 Å². The molecular formula is C16H15BrN4O2. The van der Waals surface area contributed by atoms with Crippen molar-refractivity contribution in [2.24, 2.45) is 7.05 Å². The molecule has 2 aromatic heterocycles. The van der Waals surface area contributed by atoms with Crippen molar-refractivity contribution in [2.45, 2.75) is 6.92 Å². The lowest BCUT2D eigenvalue weighted by Gasteiger charge is -2.03. The van der Waals surface area contributed by atoms with Crippen molar-refractivity contribution in [3.05, 3.63) is 52.9 Å². The first-order chi connectivity index (χ1) is 11.1. The fourth-order valence-electron chi connectivity index (χ4n) is 2.31. The normalized spacial score (nSPS) is 10.7. The van der Waals surface area contributed by atoms with Crippen molar-refractivity contribution in [1.82, 2.24) is 19.6 Å². The Morgan fingerprint density at radius 1 is 1.30 bits per heavy atom. The first-order valence-electron chi connectivity index (χ1n) is 7.12. The van der Waals surface area contributed by atoms with E-state index in [2.05, 4.69) is 26.1 Å². The number of aryl methyl sites for hydroxylation is 1. The van der Waals surface area contributed by atoms with Crippen molar-refractivity contribution in [3.63, 3.8) is 0 Å². The van der Waals surface area contributed by atoms with E-state index in [0.29, 0.717) is 12.2 Å². The number of hydrogen-bond acceptors (Lipinski definition) is 4. The molecule has 0 spiro atoms. The predicted octanol–water partition coefficient (Wildman–Crippen LogP) is 3.21. The van der Waals surface area contributed by atoms with E-state index >= 15 is 0 Å². The number of esters is 1. The summed E-state index contributed by atoms with van der Waals surface area (Å²) in [7, 11) is 1.82. The first-order valence-corrected chi connectivity index (χ1v) is 7.91. The molecular weight excluding hydrogens is 360 g/mol. The molecule has 0 N–H and O–H groups in total. The second-order valence-electron chi connectivity index (χ2n) is 4.85. The maximum atomic E-state index is 12.3. The van der Waals surface area contributed by atoms with Crippen LogP contribution in [0.5, 0.6) is 0 Å². The molecule has 23 heavy (non-hydrogen) atoms. The van der Waals surface area contributed by atoms with Crippen LogP contribution in [-0.4, -0.2) is 32.1 Å². The topological polar surface area (TPSA) is 61.9 Å². The molecule has 3 aromatic rings. The Hall–Kier alpha value is -2.41. The Morgan fingerprint density at radius 3 is 2.74 bits per heavy atom. The lowest BCUT2D eigenvalue weighted by molar-refractivity contribution is 0.0520. The number of rotatable bonds is 4. The molecule has 7 heteroatoms. The molecule has 0 amide bonds. The molecule has 0 atom stereocenters. The maximum Gasteiger partial charge on any atom is 0.359 e. The number of ether oxygens (including phenoxy) is 1. The molecule has 118 valence electrons. The highest BCUT2D eigenvalue weighted by atomic mass is 79.9. The van der Waals surface area contributed by atoms with E-state index in [1.54, 1.807) is 22.5 Å². The van der Waals surface area contributed by atoms with Crippen LogP contribution in [0.25, 0.3) is 16.9 Å². The summed E-state index contributed by atoms with van der Waals surface area (Å²) in [5.41, 5.74) is 2.59. The molecule has 0 fully saturated rings. The van der Waals surface area contributed by atoms with Gasteiger partial charge in [-0.05, 0) is 41.1 Å². The van der Waals surface area contributed by atoms with Crippen LogP contribution in [0.3, 0.4) is 0 Å². The highest BCUT2D eigenvalue weighted by Crippen LogP contribution is 2.27. The Morgan fingerprint density at radius 2 is 2.09 bits per heavy atom. The van der Waals surface area contributed by atoms with Crippen LogP contribution in [0, 0.1) is 0 Å². The van der Waals surface area contributed by atoms with Gasteiger partial charge in [-0.3, -0.25) is 4.68 Å². The van der Waals surface area contributed by atoms with Crippen LogP contribution in [0.4, 0.5) is 0 Å². The minimum atomic E-state index is -0.450. The highest BCUT2D eigenvalue weighted by Gasteiger charge is 2.22. The predicted molar refractivity (Wildman–Crippen MR) is 89.4 cm³/mol. The van der Waals surface area contributed by atoms with E-state index in [4.69, 9.17) is 4.74 Å². The smallest absolute Gasteiger partial charge is 0.359 e. The van der Waals surface area contributed by atoms with Gasteiger partial charge in [0.15, 0.2) is 5.69 Å². The number of nitrogens with zero attached hydrogens (tertiary/aromatic N) is 4. The Labute approximate surface area is 141 Å². The van der Waals surface area contributed by atoms with Gasteiger partial charge < -0.3 is 4.74 Å². The van der Waals surface area contributed by atoms with Crippen LogP contribution < -0.4 is 0 Å². The third-order valence-corrected chi connectivity index (χ3v) is 4.05. The van der Waals surface area contributed by atoms with E-state index in [0.717, 1.165) is 15.9 Å². The quantitative estimate of drug-likeness (QED) is 0.657. The lowest BCUT2D eigenvalue weighted by atomic mass is 10.2. The van der Waals surface area contributed by atoms with Gasteiger partial charge in [-0.2, -0.15) is 10.2 Å². The third kappa shape index (κ3) is 2.92. The standard InChI is InChI=1S/C16H15BrN4O2/c1-3-23-16(22)15-11(13-8-9-18-20(13)2)10-21(19-15)14-7-5-4-6-12(14)17/h4-10H,3H2,1-2H3. The molecule has 2 heterocycles. The van der Waals surface area contributed by atoms with Gasteiger partial charge >= 0.3 is 5.97 Å². The zero-order chi connectivity index (χ0) is 16.4. The molecule has 0 aliphatic rings. The summed E-state index contributed by atoms with van der Waals surface area (Å²) in [6.45, 7) is 2.07. The van der Waals surface area contributed by atoms with Crippen LogP contribution in [-0.2, 0) is 11.8 Å². The van der Waals surface area contributed by atoms with E-state index < -0.39 is 5.97 Å². The number of carbonyl (C=O) groups excluding carboxylic acids is 1. The van der Waals surface area contributed by atoms with E-state index in [-0.39, 0.29) is 5.69 Å². The molecule has 0 aliphatic carbocycles. The minimum absolute atomic E-state index is 0.270. The highest BCUT2D eigenvalue weighted by molar-refractivity contribution is 9.10. The van der Waals surface area contributed by atoms with E-state index in [1.807, 2.05) is 43.6 Å². The lowest BCUT2D eigenvalue weighted by Crippen LogP contribution is -2.08. The van der Waals surface area contributed by atoms with Gasteiger partial charge in [-0.15, -0.1) is 0 Å². The van der Waals surface area contributed by atoms with Gasteiger partial charge in [-0.25, -0.2) is 9.48 Å². The maximum absolute atomic E-state index is 12.3. The Kier molecular flexibility index (Phi) is 4.29. The zero-order valence-corrected chi connectivity index (χ0v) is 14.3. The van der Waals surface area contributed by atoms with Crippen molar-refractivity contribution < 1.29 is 9.53 Å². The van der Waals surface area contributed by atoms with Crippen molar-refractivity contribution in [2.75, 3.05) is 6.61 Å². The van der Waals surface area contributed by atoms with Crippen molar-refractivity contribution in [1.29, 1.82) is 0 Å². The number of carbonyl (C=O) groups is 1. The van der Waals surface area contributed by atoms with Gasteiger partial charge in [-0.1, -0.05) is 12.1 Å². The van der Waals surface area contributed by atoms with Crippen LogP contribution >= 0.6 is 15.9 Å². The number of benzene rings is 1. The van der Waals surface area contributed by atoms with Crippen LogP contribution in [0.15, 0.2) is 47.2 Å². The van der Waals surface area contributed by atoms with E-state index in [1.165, 1.54) is 0 Å². The number of hydrogen-bond donors (Lipinski definition) is 0. The second kappa shape index (κ2) is 6.37. The minimum Gasteiger partial charge on any atom is -0.461 e. The molecule has 0 radical (unpaired) electrons. The van der Waals surface area contributed by atoms with Crippen LogP contribution in [0.2, 0.25) is 0 Å². The number of para-hydroxylation sites is 1. The largest absolute Gasteiger partial charge is 0.461 e. The van der Waals surface area contributed by atoms with Gasteiger partial charge in [0.2, 0.25) is 0 Å². The molecule has 3 rings (SSSR count).